The van der Waals surface area contributed by atoms with Crippen molar-refractivity contribution in [3.8, 4) is 11.4 Å². The van der Waals surface area contributed by atoms with Crippen LogP contribution in [0.4, 0.5) is 0 Å². The summed E-state index contributed by atoms with van der Waals surface area (Å²) >= 11 is 0. The van der Waals surface area contributed by atoms with Gasteiger partial charge in [0.05, 0.1) is 17.9 Å². The predicted molar refractivity (Wildman–Crippen MR) is 96.7 cm³/mol. The smallest absolute Gasteiger partial charge is 0.235 e. The van der Waals surface area contributed by atoms with Gasteiger partial charge in [-0.3, -0.25) is 9.78 Å². The van der Waals surface area contributed by atoms with Crippen molar-refractivity contribution in [2.75, 3.05) is 26.3 Å². The van der Waals surface area contributed by atoms with Crippen molar-refractivity contribution < 1.29 is 14.1 Å². The molecule has 27 heavy (non-hydrogen) atoms. The fraction of sp³-hybridized carbons (Fsp3) is 0.600. The summed E-state index contributed by atoms with van der Waals surface area (Å²) < 4.78 is 11.3. The van der Waals surface area contributed by atoms with Gasteiger partial charge in [0.2, 0.25) is 17.6 Å². The Bertz CT molecular complexity index is 818. The fourth-order valence-electron chi connectivity index (χ4n) is 5.04. The Balaban J connectivity index is 1.40. The van der Waals surface area contributed by atoms with Crippen LogP contribution in [0.3, 0.4) is 0 Å². The minimum Gasteiger partial charge on any atom is -0.381 e. The molecule has 1 saturated carbocycles. The molecule has 2 saturated heterocycles. The van der Waals surface area contributed by atoms with Gasteiger partial charge >= 0.3 is 0 Å². The van der Waals surface area contributed by atoms with Crippen LogP contribution in [0.15, 0.2) is 29.0 Å². The van der Waals surface area contributed by atoms with E-state index in [4.69, 9.17) is 14.2 Å². The van der Waals surface area contributed by atoms with Crippen LogP contribution in [0, 0.1) is 11.8 Å². The molecule has 0 spiro atoms. The molecule has 0 unspecified atom stereocenters. The minimum absolute atomic E-state index is 0.00302. The van der Waals surface area contributed by atoms with Crippen LogP contribution in [0.25, 0.3) is 11.4 Å². The summed E-state index contributed by atoms with van der Waals surface area (Å²) in [5, 5.41) is 4.20. The van der Waals surface area contributed by atoms with Gasteiger partial charge in [-0.1, -0.05) is 11.6 Å². The molecule has 0 N–H and O–H groups in total. The molecule has 7 heteroatoms. The van der Waals surface area contributed by atoms with Crippen LogP contribution < -0.4 is 0 Å². The monoisotopic (exact) mass is 368 g/mol. The largest absolute Gasteiger partial charge is 0.381 e. The lowest BCUT2D eigenvalue weighted by atomic mass is 9.80. The molecule has 0 bridgehead atoms. The van der Waals surface area contributed by atoms with Crippen molar-refractivity contribution in [1.29, 1.82) is 0 Å². The number of hydrogen-bond donors (Lipinski definition) is 0. The van der Waals surface area contributed by atoms with Gasteiger partial charge in [-0.2, -0.15) is 4.98 Å². The second-order valence-electron chi connectivity index (χ2n) is 8.04. The minimum atomic E-state index is -0.196. The zero-order valence-electron chi connectivity index (χ0n) is 15.3. The second kappa shape index (κ2) is 6.71. The number of carbonyl (C=O) groups is 1. The molecule has 7 nitrogen and oxygen atoms in total. The van der Waals surface area contributed by atoms with Crippen LogP contribution in [0.2, 0.25) is 0 Å². The lowest BCUT2D eigenvalue weighted by Crippen LogP contribution is -2.40. The highest BCUT2D eigenvalue weighted by Crippen LogP contribution is 2.50. The number of likely N-dealkylation sites (tertiary alicyclic amines) is 1. The normalized spacial score (nSPS) is 30.4. The van der Waals surface area contributed by atoms with E-state index < -0.39 is 0 Å². The summed E-state index contributed by atoms with van der Waals surface area (Å²) in [4.78, 5) is 23.9. The first-order chi connectivity index (χ1) is 13.3. The molecule has 1 amide bonds. The average molecular weight is 368 g/mol. The van der Waals surface area contributed by atoms with Crippen molar-refractivity contribution in [2.45, 2.75) is 37.5 Å². The summed E-state index contributed by atoms with van der Waals surface area (Å²) in [6.07, 6.45) is 8.62. The quantitative estimate of drug-likeness (QED) is 0.828. The van der Waals surface area contributed by atoms with Crippen LogP contribution in [0.1, 0.15) is 38.0 Å². The Hall–Kier alpha value is -2.28. The third-order valence-electron chi connectivity index (χ3n) is 6.46. The van der Waals surface area contributed by atoms with E-state index in [0.717, 1.165) is 50.8 Å². The molecular formula is C20H24N4O3. The topological polar surface area (TPSA) is 81.4 Å². The molecule has 3 atom stereocenters. The molecule has 0 aromatic carbocycles. The van der Waals surface area contributed by atoms with E-state index in [-0.39, 0.29) is 17.2 Å². The van der Waals surface area contributed by atoms with Crippen LogP contribution >= 0.6 is 0 Å². The fourth-order valence-corrected chi connectivity index (χ4v) is 5.04. The second-order valence-corrected chi connectivity index (χ2v) is 8.04. The number of aromatic nitrogens is 3. The van der Waals surface area contributed by atoms with E-state index in [1.165, 1.54) is 0 Å². The van der Waals surface area contributed by atoms with Gasteiger partial charge in [0.15, 0.2) is 0 Å². The number of rotatable bonds is 3. The van der Waals surface area contributed by atoms with Gasteiger partial charge < -0.3 is 14.2 Å². The van der Waals surface area contributed by atoms with Crippen molar-refractivity contribution in [2.24, 2.45) is 11.8 Å². The lowest BCUT2D eigenvalue weighted by molar-refractivity contribution is -0.139. The molecule has 0 radical (unpaired) electrons. The van der Waals surface area contributed by atoms with E-state index in [1.54, 1.807) is 12.4 Å². The van der Waals surface area contributed by atoms with Gasteiger partial charge in [-0.15, -0.1) is 0 Å². The Morgan fingerprint density at radius 3 is 3.07 bits per heavy atom. The Morgan fingerprint density at radius 2 is 2.26 bits per heavy atom. The first kappa shape index (κ1) is 16.9. The number of amides is 1. The van der Waals surface area contributed by atoms with E-state index in [9.17, 15) is 4.79 Å². The first-order valence-electron chi connectivity index (χ1n) is 9.87. The molecule has 5 rings (SSSR count). The van der Waals surface area contributed by atoms with Crippen molar-refractivity contribution in [3.63, 3.8) is 0 Å². The van der Waals surface area contributed by atoms with E-state index >= 15 is 0 Å². The maximum absolute atomic E-state index is 13.0. The van der Waals surface area contributed by atoms with Crippen molar-refractivity contribution >= 4 is 5.91 Å². The third-order valence-corrected chi connectivity index (χ3v) is 6.46. The molecule has 2 aromatic rings. The van der Waals surface area contributed by atoms with Gasteiger partial charge in [0.25, 0.3) is 0 Å². The van der Waals surface area contributed by atoms with Gasteiger partial charge in [0.1, 0.15) is 0 Å². The molecule has 2 aliphatic heterocycles. The number of nitrogens with zero attached hydrogens (tertiary/aromatic N) is 4. The highest BCUT2D eigenvalue weighted by molar-refractivity contribution is 5.79. The number of pyridine rings is 1. The molecule has 1 aliphatic carbocycles. The van der Waals surface area contributed by atoms with Crippen LogP contribution in [0.5, 0.6) is 0 Å². The van der Waals surface area contributed by atoms with Gasteiger partial charge in [0, 0.05) is 37.7 Å². The van der Waals surface area contributed by atoms with E-state index in [2.05, 4.69) is 10.1 Å². The molecule has 4 heterocycles. The zero-order valence-corrected chi connectivity index (χ0v) is 15.3. The van der Waals surface area contributed by atoms with E-state index in [0.29, 0.717) is 30.8 Å². The number of ether oxygens (including phenoxy) is 1. The SMILES string of the molecule is O=C([C@H]1CCCOC1)N1C[C@H]2CCC[C@@]2(c2nc(-c3cccnc3)no2)C1. The predicted octanol–water partition coefficient (Wildman–Crippen LogP) is 2.44. The summed E-state index contributed by atoms with van der Waals surface area (Å²) in [5.41, 5.74) is 0.655. The first-order valence-corrected chi connectivity index (χ1v) is 9.87. The van der Waals surface area contributed by atoms with Crippen LogP contribution in [-0.2, 0) is 14.9 Å². The van der Waals surface area contributed by atoms with Crippen molar-refractivity contribution in [3.05, 3.63) is 30.4 Å². The Kier molecular flexibility index (Phi) is 4.19. The molecule has 2 aromatic heterocycles. The lowest BCUT2D eigenvalue weighted by Gasteiger charge is -2.28. The molecule has 142 valence electrons. The molecular weight excluding hydrogens is 344 g/mol. The highest BCUT2D eigenvalue weighted by atomic mass is 16.5. The summed E-state index contributed by atoms with van der Waals surface area (Å²) in [7, 11) is 0. The maximum atomic E-state index is 13.0. The highest BCUT2D eigenvalue weighted by Gasteiger charge is 2.55. The molecule has 3 aliphatic rings. The van der Waals surface area contributed by atoms with Gasteiger partial charge in [-0.25, -0.2) is 0 Å². The maximum Gasteiger partial charge on any atom is 0.235 e. The third kappa shape index (κ3) is 2.84. The Morgan fingerprint density at radius 1 is 1.30 bits per heavy atom. The van der Waals surface area contributed by atoms with Gasteiger partial charge in [-0.05, 0) is 43.7 Å². The zero-order chi connectivity index (χ0) is 18.3. The Labute approximate surface area is 158 Å². The number of hydrogen-bond acceptors (Lipinski definition) is 6. The number of carbonyl (C=O) groups excluding carboxylic acids is 1. The summed E-state index contributed by atoms with van der Waals surface area (Å²) in [5.74, 6) is 1.88. The van der Waals surface area contributed by atoms with Crippen LogP contribution in [-0.4, -0.2) is 52.2 Å². The number of fused-ring (bicyclic) bond motifs is 1. The molecule has 3 fully saturated rings. The summed E-state index contributed by atoms with van der Waals surface area (Å²) in [6, 6.07) is 3.79. The summed E-state index contributed by atoms with van der Waals surface area (Å²) in [6.45, 7) is 2.80. The van der Waals surface area contributed by atoms with Crippen molar-refractivity contribution in [1.82, 2.24) is 20.0 Å². The van der Waals surface area contributed by atoms with E-state index in [1.807, 2.05) is 17.0 Å². The average Bonchev–Trinajstić information content (AvgIpc) is 3.43. The standard InChI is InChI=1S/C20H24N4O3/c25-18(15-5-3-9-26-12-15)24-11-16-6-1-7-20(16,13-24)19-22-17(23-27-19)14-4-2-8-21-10-14/h2,4,8,10,15-16H,1,3,5-7,9,11-13H2/t15-,16+,20+/m0/s1.